The number of carbonyl (C=O) groups excluding carboxylic acids is 2. The smallest absolute Gasteiger partial charge is 0.248 e. The molecule has 0 bridgehead atoms. The van der Waals surface area contributed by atoms with Crippen LogP contribution in [0, 0.1) is 5.82 Å². The van der Waals surface area contributed by atoms with E-state index in [0.717, 1.165) is 0 Å². The fourth-order valence-corrected chi connectivity index (χ4v) is 3.35. The Morgan fingerprint density at radius 3 is 2.52 bits per heavy atom. The van der Waals surface area contributed by atoms with Crippen LogP contribution in [0.2, 0.25) is 0 Å². The number of benzene rings is 2. The molecule has 160 valence electrons. The molecule has 0 spiro atoms. The number of anilines is 1. The molecular formula is C22H22FN5O3. The van der Waals surface area contributed by atoms with Gasteiger partial charge >= 0.3 is 0 Å². The molecular weight excluding hydrogens is 401 g/mol. The van der Waals surface area contributed by atoms with E-state index in [1.165, 1.54) is 30.6 Å². The summed E-state index contributed by atoms with van der Waals surface area (Å²) in [5.74, 6) is 0.337. The van der Waals surface area contributed by atoms with Crippen LogP contribution in [0.15, 0.2) is 61.1 Å². The SMILES string of the molecule is O=C(Nc1ccc(Oc2ccc(F)cc2)cc1)[C@@H]1CNCCN1C(=O)Cc1cnc[nH]1. The Bertz CT molecular complexity index is 1020. The molecule has 4 rings (SSSR count). The Morgan fingerprint density at radius 1 is 1.13 bits per heavy atom. The number of nitrogens with zero attached hydrogens (tertiary/aromatic N) is 2. The molecule has 2 aromatic carbocycles. The third kappa shape index (κ3) is 5.26. The highest BCUT2D eigenvalue weighted by Gasteiger charge is 2.32. The van der Waals surface area contributed by atoms with E-state index >= 15 is 0 Å². The molecule has 1 aliphatic heterocycles. The molecule has 2 amide bonds. The van der Waals surface area contributed by atoms with E-state index in [1.807, 2.05) is 0 Å². The number of piperazine rings is 1. The van der Waals surface area contributed by atoms with Crippen molar-refractivity contribution >= 4 is 17.5 Å². The number of ether oxygens (including phenoxy) is 1. The van der Waals surface area contributed by atoms with Crippen LogP contribution in [0.4, 0.5) is 10.1 Å². The predicted octanol–water partition coefficient (Wildman–Crippen LogP) is 2.32. The molecule has 3 aromatic rings. The number of rotatable bonds is 6. The van der Waals surface area contributed by atoms with Gasteiger partial charge < -0.3 is 25.3 Å². The quantitative estimate of drug-likeness (QED) is 0.565. The lowest BCUT2D eigenvalue weighted by Gasteiger charge is -2.35. The van der Waals surface area contributed by atoms with Crippen LogP contribution in [0.25, 0.3) is 0 Å². The molecule has 0 unspecified atom stereocenters. The number of hydrogen-bond donors (Lipinski definition) is 3. The monoisotopic (exact) mass is 423 g/mol. The minimum absolute atomic E-state index is 0.131. The van der Waals surface area contributed by atoms with E-state index in [9.17, 15) is 14.0 Å². The zero-order chi connectivity index (χ0) is 21.6. The van der Waals surface area contributed by atoms with Gasteiger partial charge in [0.2, 0.25) is 11.8 Å². The molecule has 1 atom stereocenters. The van der Waals surface area contributed by atoms with E-state index < -0.39 is 6.04 Å². The number of H-pyrrole nitrogens is 1. The molecule has 9 heteroatoms. The van der Waals surface area contributed by atoms with Gasteiger partial charge in [0, 0.05) is 37.2 Å². The van der Waals surface area contributed by atoms with Gasteiger partial charge in [0.15, 0.2) is 0 Å². The lowest BCUT2D eigenvalue weighted by Crippen LogP contribution is -2.58. The Labute approximate surface area is 178 Å². The predicted molar refractivity (Wildman–Crippen MR) is 112 cm³/mol. The molecule has 0 aliphatic carbocycles. The van der Waals surface area contributed by atoms with Crippen molar-refractivity contribution in [3.63, 3.8) is 0 Å². The maximum absolute atomic E-state index is 13.0. The summed E-state index contributed by atoms with van der Waals surface area (Å²) in [7, 11) is 0. The zero-order valence-electron chi connectivity index (χ0n) is 16.7. The first-order valence-electron chi connectivity index (χ1n) is 9.90. The van der Waals surface area contributed by atoms with Gasteiger partial charge in [0.1, 0.15) is 23.4 Å². The molecule has 3 N–H and O–H groups in total. The maximum Gasteiger partial charge on any atom is 0.248 e. The molecule has 8 nitrogen and oxygen atoms in total. The number of aromatic amines is 1. The van der Waals surface area contributed by atoms with Crippen LogP contribution >= 0.6 is 0 Å². The van der Waals surface area contributed by atoms with Crippen LogP contribution in [-0.2, 0) is 16.0 Å². The summed E-state index contributed by atoms with van der Waals surface area (Å²) in [5, 5.41) is 6.02. The van der Waals surface area contributed by atoms with Crippen molar-refractivity contribution in [1.82, 2.24) is 20.2 Å². The van der Waals surface area contributed by atoms with Gasteiger partial charge in [0.25, 0.3) is 0 Å². The van der Waals surface area contributed by atoms with Gasteiger partial charge in [-0.25, -0.2) is 9.37 Å². The lowest BCUT2D eigenvalue weighted by molar-refractivity contribution is -0.139. The van der Waals surface area contributed by atoms with Gasteiger partial charge in [-0.3, -0.25) is 9.59 Å². The second-order valence-electron chi connectivity index (χ2n) is 7.13. The van der Waals surface area contributed by atoms with Crippen LogP contribution in [0.5, 0.6) is 11.5 Å². The number of aromatic nitrogens is 2. The largest absolute Gasteiger partial charge is 0.457 e. The molecule has 31 heavy (non-hydrogen) atoms. The van der Waals surface area contributed by atoms with Crippen molar-refractivity contribution in [2.75, 3.05) is 25.0 Å². The van der Waals surface area contributed by atoms with Crippen molar-refractivity contribution < 1.29 is 18.7 Å². The zero-order valence-corrected chi connectivity index (χ0v) is 16.7. The second kappa shape index (κ2) is 9.40. The number of nitrogens with one attached hydrogen (secondary N) is 3. The topological polar surface area (TPSA) is 99.3 Å². The van der Waals surface area contributed by atoms with E-state index in [1.54, 1.807) is 35.4 Å². The van der Waals surface area contributed by atoms with Crippen molar-refractivity contribution in [2.45, 2.75) is 12.5 Å². The third-order valence-corrected chi connectivity index (χ3v) is 4.93. The highest BCUT2D eigenvalue weighted by atomic mass is 19.1. The van der Waals surface area contributed by atoms with Gasteiger partial charge in [0.05, 0.1) is 12.7 Å². The fraction of sp³-hybridized carbons (Fsp3) is 0.227. The van der Waals surface area contributed by atoms with Crippen molar-refractivity contribution in [2.24, 2.45) is 0 Å². The van der Waals surface area contributed by atoms with Crippen molar-refractivity contribution in [1.29, 1.82) is 0 Å². The Balaban J connectivity index is 1.37. The van der Waals surface area contributed by atoms with Gasteiger partial charge in [-0.15, -0.1) is 0 Å². The fourth-order valence-electron chi connectivity index (χ4n) is 3.35. The highest BCUT2D eigenvalue weighted by Crippen LogP contribution is 2.23. The van der Waals surface area contributed by atoms with Crippen molar-refractivity contribution in [3.8, 4) is 11.5 Å². The Hall–Kier alpha value is -3.72. The summed E-state index contributed by atoms with van der Waals surface area (Å²) in [4.78, 5) is 34.0. The van der Waals surface area contributed by atoms with E-state index in [2.05, 4.69) is 20.6 Å². The molecule has 1 fully saturated rings. The number of hydrogen-bond acceptors (Lipinski definition) is 5. The van der Waals surface area contributed by atoms with Crippen LogP contribution in [0.1, 0.15) is 5.69 Å². The lowest BCUT2D eigenvalue weighted by atomic mass is 10.1. The number of imidazole rings is 1. The summed E-state index contributed by atoms with van der Waals surface area (Å²) in [6, 6.07) is 11.9. The average molecular weight is 423 g/mol. The normalized spacial score (nSPS) is 16.0. The van der Waals surface area contributed by atoms with Gasteiger partial charge in [-0.05, 0) is 48.5 Å². The summed E-state index contributed by atoms with van der Waals surface area (Å²) >= 11 is 0. The summed E-state index contributed by atoms with van der Waals surface area (Å²) in [6.07, 6.45) is 3.29. The minimum Gasteiger partial charge on any atom is -0.457 e. The van der Waals surface area contributed by atoms with Crippen LogP contribution in [-0.4, -0.2) is 52.4 Å². The molecule has 0 saturated carbocycles. The molecule has 2 heterocycles. The maximum atomic E-state index is 13.0. The van der Waals surface area contributed by atoms with E-state index in [4.69, 9.17) is 4.74 Å². The van der Waals surface area contributed by atoms with Gasteiger partial charge in [-0.1, -0.05) is 0 Å². The summed E-state index contributed by atoms with van der Waals surface area (Å²) in [6.45, 7) is 1.47. The van der Waals surface area contributed by atoms with Gasteiger partial charge in [-0.2, -0.15) is 0 Å². The van der Waals surface area contributed by atoms with Crippen LogP contribution in [0.3, 0.4) is 0 Å². The Kier molecular flexibility index (Phi) is 6.23. The van der Waals surface area contributed by atoms with Crippen molar-refractivity contribution in [3.05, 3.63) is 72.6 Å². The number of halogens is 1. The number of amides is 2. The first-order valence-corrected chi connectivity index (χ1v) is 9.90. The number of carbonyl (C=O) groups is 2. The molecule has 1 aromatic heterocycles. The molecule has 0 radical (unpaired) electrons. The minimum atomic E-state index is -0.612. The third-order valence-electron chi connectivity index (χ3n) is 4.93. The molecule has 1 saturated heterocycles. The Morgan fingerprint density at radius 2 is 1.84 bits per heavy atom. The van der Waals surface area contributed by atoms with E-state index in [-0.39, 0.29) is 24.1 Å². The summed E-state index contributed by atoms with van der Waals surface area (Å²) < 4.78 is 18.7. The highest BCUT2D eigenvalue weighted by molar-refractivity contribution is 5.97. The molecule has 1 aliphatic rings. The second-order valence-corrected chi connectivity index (χ2v) is 7.13. The first-order chi connectivity index (χ1) is 15.1. The standard InChI is InChI=1S/C22H22FN5O3/c23-15-1-5-18(6-2-15)31-19-7-3-16(4-8-19)27-22(30)20-13-24-9-10-28(20)21(29)11-17-12-25-14-26-17/h1-8,12,14,20,24H,9-11,13H2,(H,25,26)(H,27,30)/t20-/m0/s1. The summed E-state index contributed by atoms with van der Waals surface area (Å²) in [5.41, 5.74) is 1.29. The average Bonchev–Trinajstić information content (AvgIpc) is 3.29. The first kappa shape index (κ1) is 20.5. The van der Waals surface area contributed by atoms with Crippen LogP contribution < -0.4 is 15.4 Å². The van der Waals surface area contributed by atoms with E-state index in [0.29, 0.717) is 42.5 Å².